The fraction of sp³-hybridized carbons (Fsp3) is 0.250. The number of pyridine rings is 1. The lowest BCUT2D eigenvalue weighted by Crippen LogP contribution is -2.13. The predicted molar refractivity (Wildman–Crippen MR) is 60.6 cm³/mol. The average molecular weight is 229 g/mol. The molecule has 0 amide bonds. The predicted octanol–water partition coefficient (Wildman–Crippen LogP) is 1.78. The van der Waals surface area contributed by atoms with Gasteiger partial charge in [0.2, 0.25) is 0 Å². The highest BCUT2D eigenvalue weighted by atomic mass is 16.4. The maximum atomic E-state index is 11.1. The second-order valence-electron chi connectivity index (χ2n) is 3.69. The number of imidazole rings is 1. The minimum absolute atomic E-state index is 0.264. The van der Waals surface area contributed by atoms with Gasteiger partial charge in [0.05, 0.1) is 5.52 Å². The minimum atomic E-state index is -0.923. The van der Waals surface area contributed by atoms with Gasteiger partial charge in [0.1, 0.15) is 17.8 Å². The van der Waals surface area contributed by atoms with Crippen LogP contribution in [0.4, 0.5) is 0 Å². The zero-order valence-corrected chi connectivity index (χ0v) is 9.29. The highest BCUT2D eigenvalue weighted by molar-refractivity contribution is 5.76. The van der Waals surface area contributed by atoms with Crippen LogP contribution in [-0.4, -0.2) is 20.5 Å². The van der Waals surface area contributed by atoms with Gasteiger partial charge in [-0.1, -0.05) is 13.0 Å². The van der Waals surface area contributed by atoms with E-state index in [1.165, 1.54) is 0 Å². The molecule has 1 N–H and O–H groups in total. The molecule has 1 atom stereocenters. The van der Waals surface area contributed by atoms with Crippen LogP contribution in [-0.2, 0) is 4.79 Å². The van der Waals surface area contributed by atoms with Gasteiger partial charge < -0.3 is 9.51 Å². The second kappa shape index (κ2) is 4.26. The van der Waals surface area contributed by atoms with Crippen molar-refractivity contribution in [1.82, 2.24) is 9.38 Å². The lowest BCUT2D eigenvalue weighted by molar-refractivity contribution is -0.139. The number of hydrogen-bond acceptors (Lipinski definition) is 3. The Morgan fingerprint density at radius 1 is 1.65 bits per heavy atom. The summed E-state index contributed by atoms with van der Waals surface area (Å²) in [5.41, 5.74) is 0.907. The third kappa shape index (κ3) is 1.74. The van der Waals surface area contributed by atoms with Gasteiger partial charge in [-0.3, -0.25) is 4.79 Å². The lowest BCUT2D eigenvalue weighted by Gasteiger charge is -2.07. The summed E-state index contributed by atoms with van der Waals surface area (Å²) in [4.78, 5) is 15.3. The number of fused-ring (bicyclic) bond motifs is 1. The number of aromatic nitrogens is 2. The van der Waals surface area contributed by atoms with E-state index in [1.807, 2.05) is 6.07 Å². The Kier molecular flexibility index (Phi) is 2.79. The number of rotatable bonds is 3. The van der Waals surface area contributed by atoms with Gasteiger partial charge in [0.25, 0.3) is 0 Å². The van der Waals surface area contributed by atoms with Crippen LogP contribution in [0.3, 0.4) is 0 Å². The molecule has 0 aliphatic rings. The van der Waals surface area contributed by atoms with E-state index in [-0.39, 0.29) is 5.69 Å². The molecule has 0 aliphatic heterocycles. The Bertz CT molecular complexity index is 610. The molecule has 0 aromatic carbocycles. The molecule has 0 aliphatic carbocycles. The summed E-state index contributed by atoms with van der Waals surface area (Å²) in [6, 6.07) is 7.32. The van der Waals surface area contributed by atoms with Crippen LogP contribution in [0.25, 0.3) is 5.52 Å². The second-order valence-corrected chi connectivity index (χ2v) is 3.69. The molecule has 0 saturated heterocycles. The summed E-state index contributed by atoms with van der Waals surface area (Å²) in [7, 11) is 0. The summed E-state index contributed by atoms with van der Waals surface area (Å²) < 4.78 is 1.67. The molecule has 0 bridgehead atoms. The van der Waals surface area contributed by atoms with Gasteiger partial charge in [-0.25, -0.2) is 4.98 Å². The first-order chi connectivity index (χ1) is 8.19. The van der Waals surface area contributed by atoms with Crippen LogP contribution < -0.4 is 0 Å². The molecule has 5 nitrogen and oxygen atoms in total. The smallest absolute Gasteiger partial charge is 0.314 e. The SMILES string of the molecule is CCC(C(=O)O)c1nc(C#N)c2ccccn12. The van der Waals surface area contributed by atoms with Crippen molar-refractivity contribution in [2.75, 3.05) is 0 Å². The van der Waals surface area contributed by atoms with E-state index < -0.39 is 11.9 Å². The number of nitriles is 1. The molecular weight excluding hydrogens is 218 g/mol. The van der Waals surface area contributed by atoms with E-state index in [0.29, 0.717) is 17.8 Å². The molecule has 0 radical (unpaired) electrons. The highest BCUT2D eigenvalue weighted by Gasteiger charge is 2.24. The number of aliphatic carboxylic acids is 1. The van der Waals surface area contributed by atoms with Crippen molar-refractivity contribution in [3.63, 3.8) is 0 Å². The Labute approximate surface area is 97.9 Å². The lowest BCUT2D eigenvalue weighted by atomic mass is 10.1. The Balaban J connectivity index is 2.70. The molecule has 0 fully saturated rings. The van der Waals surface area contributed by atoms with Crippen molar-refractivity contribution in [2.45, 2.75) is 19.3 Å². The van der Waals surface area contributed by atoms with E-state index in [0.717, 1.165) is 0 Å². The van der Waals surface area contributed by atoms with Gasteiger partial charge in [-0.05, 0) is 18.6 Å². The fourth-order valence-corrected chi connectivity index (χ4v) is 1.86. The monoisotopic (exact) mass is 229 g/mol. The van der Waals surface area contributed by atoms with Crippen LogP contribution in [0.1, 0.15) is 30.8 Å². The number of carboxylic acids is 1. The molecule has 5 heteroatoms. The van der Waals surface area contributed by atoms with Crippen LogP contribution >= 0.6 is 0 Å². The summed E-state index contributed by atoms with van der Waals surface area (Å²) >= 11 is 0. The van der Waals surface area contributed by atoms with Crippen molar-refractivity contribution < 1.29 is 9.90 Å². The topological polar surface area (TPSA) is 78.4 Å². The largest absolute Gasteiger partial charge is 0.481 e. The normalized spacial score (nSPS) is 12.2. The minimum Gasteiger partial charge on any atom is -0.481 e. The first-order valence-corrected chi connectivity index (χ1v) is 5.29. The van der Waals surface area contributed by atoms with Crippen molar-refractivity contribution in [3.8, 4) is 6.07 Å². The van der Waals surface area contributed by atoms with Crippen LogP contribution in [0.5, 0.6) is 0 Å². The number of carbonyl (C=O) groups is 1. The standard InChI is InChI=1S/C12H11N3O2/c1-2-8(12(16)17)11-14-9(7-13)10-5-3-4-6-15(10)11/h3-6,8H,2H2,1H3,(H,16,17). The maximum Gasteiger partial charge on any atom is 0.314 e. The number of hydrogen-bond donors (Lipinski definition) is 1. The molecule has 2 heterocycles. The van der Waals surface area contributed by atoms with Gasteiger partial charge in [-0.2, -0.15) is 5.26 Å². The van der Waals surface area contributed by atoms with E-state index in [2.05, 4.69) is 4.98 Å². The molecular formula is C12H11N3O2. The van der Waals surface area contributed by atoms with Crippen molar-refractivity contribution >= 4 is 11.5 Å². The summed E-state index contributed by atoms with van der Waals surface area (Å²) in [6.45, 7) is 1.79. The van der Waals surface area contributed by atoms with E-state index in [4.69, 9.17) is 10.4 Å². The summed E-state index contributed by atoms with van der Waals surface area (Å²) in [5.74, 6) is -1.20. The molecule has 17 heavy (non-hydrogen) atoms. The maximum absolute atomic E-state index is 11.1. The van der Waals surface area contributed by atoms with Crippen molar-refractivity contribution in [2.24, 2.45) is 0 Å². The van der Waals surface area contributed by atoms with Gasteiger partial charge in [-0.15, -0.1) is 0 Å². The zero-order chi connectivity index (χ0) is 12.4. The third-order valence-electron chi connectivity index (χ3n) is 2.70. The molecule has 2 aromatic rings. The van der Waals surface area contributed by atoms with Gasteiger partial charge in [0, 0.05) is 6.20 Å². The first kappa shape index (κ1) is 11.1. The molecule has 86 valence electrons. The fourth-order valence-electron chi connectivity index (χ4n) is 1.86. The Morgan fingerprint density at radius 2 is 2.41 bits per heavy atom. The Hall–Kier alpha value is -2.35. The molecule has 0 spiro atoms. The van der Waals surface area contributed by atoms with Gasteiger partial charge in [0.15, 0.2) is 5.69 Å². The Morgan fingerprint density at radius 3 is 3.00 bits per heavy atom. The molecule has 2 aromatic heterocycles. The van der Waals surface area contributed by atoms with Gasteiger partial charge >= 0.3 is 5.97 Å². The van der Waals surface area contributed by atoms with Crippen molar-refractivity contribution in [3.05, 3.63) is 35.9 Å². The van der Waals surface area contributed by atoms with Crippen LogP contribution in [0.15, 0.2) is 24.4 Å². The van der Waals surface area contributed by atoms with E-state index in [1.54, 1.807) is 35.7 Å². The van der Waals surface area contributed by atoms with E-state index >= 15 is 0 Å². The zero-order valence-electron chi connectivity index (χ0n) is 9.29. The summed E-state index contributed by atoms with van der Waals surface area (Å²) in [5, 5.41) is 18.1. The molecule has 1 unspecified atom stereocenters. The summed E-state index contributed by atoms with van der Waals surface area (Å²) in [6.07, 6.45) is 2.16. The average Bonchev–Trinajstić information content (AvgIpc) is 2.69. The van der Waals surface area contributed by atoms with Crippen molar-refractivity contribution in [1.29, 1.82) is 5.26 Å². The number of carboxylic acid groups (broad SMARTS) is 1. The van der Waals surface area contributed by atoms with Crippen LogP contribution in [0.2, 0.25) is 0 Å². The first-order valence-electron chi connectivity index (χ1n) is 5.29. The van der Waals surface area contributed by atoms with E-state index in [9.17, 15) is 4.79 Å². The van der Waals surface area contributed by atoms with Crippen LogP contribution in [0, 0.1) is 11.3 Å². The highest BCUT2D eigenvalue weighted by Crippen LogP contribution is 2.22. The number of nitrogens with zero attached hydrogens (tertiary/aromatic N) is 3. The third-order valence-corrected chi connectivity index (χ3v) is 2.70. The molecule has 0 saturated carbocycles. The molecule has 2 rings (SSSR count). The quantitative estimate of drug-likeness (QED) is 0.870.